The summed E-state index contributed by atoms with van der Waals surface area (Å²) in [6.45, 7) is 6.07. The molecule has 5 nitrogen and oxygen atoms in total. The maximum Gasteiger partial charge on any atom is 0.270 e. The van der Waals surface area contributed by atoms with Crippen molar-refractivity contribution in [1.82, 2.24) is 19.4 Å². The van der Waals surface area contributed by atoms with Crippen LogP contribution in [-0.2, 0) is 5.54 Å². The Morgan fingerprint density at radius 3 is 2.53 bits per heavy atom. The molecule has 0 spiro atoms. The van der Waals surface area contributed by atoms with Crippen molar-refractivity contribution in [3.05, 3.63) is 23.2 Å². The fourth-order valence-electron chi connectivity index (χ4n) is 2.03. The number of fused-ring (bicyclic) bond motifs is 1. The lowest BCUT2D eigenvalue weighted by Gasteiger charge is -2.25. The number of rotatable bonds is 1. The summed E-state index contributed by atoms with van der Waals surface area (Å²) in [7, 11) is 3.46. The Balaban J connectivity index is 2.80. The number of carbonyl (C=O) groups excluding carboxylic acids is 1. The number of hydrogen-bond acceptors (Lipinski definition) is 3. The van der Waals surface area contributed by atoms with Crippen LogP contribution >= 0.6 is 11.6 Å². The molecule has 0 fully saturated rings. The first-order valence-corrected chi connectivity index (χ1v) is 6.35. The number of carbonyl (C=O) groups is 1. The zero-order chi connectivity index (χ0) is 14.4. The van der Waals surface area contributed by atoms with Gasteiger partial charge in [0.2, 0.25) is 5.28 Å². The first-order valence-electron chi connectivity index (χ1n) is 5.98. The van der Waals surface area contributed by atoms with Crippen molar-refractivity contribution in [2.75, 3.05) is 14.1 Å². The maximum atomic E-state index is 12.3. The quantitative estimate of drug-likeness (QED) is 0.754. The smallest absolute Gasteiger partial charge is 0.270 e. The van der Waals surface area contributed by atoms with Gasteiger partial charge in [0.1, 0.15) is 11.3 Å². The van der Waals surface area contributed by atoms with Crippen LogP contribution in [0.15, 0.2) is 12.3 Å². The highest BCUT2D eigenvalue weighted by Crippen LogP contribution is 2.27. The fourth-order valence-corrected chi connectivity index (χ4v) is 2.16. The number of amides is 1. The summed E-state index contributed by atoms with van der Waals surface area (Å²) in [6.07, 6.45) is 1.64. The molecule has 0 aliphatic heterocycles. The molecule has 0 aliphatic carbocycles. The number of aromatic nitrogens is 3. The van der Waals surface area contributed by atoms with Crippen molar-refractivity contribution in [2.45, 2.75) is 26.3 Å². The van der Waals surface area contributed by atoms with Crippen molar-refractivity contribution in [2.24, 2.45) is 0 Å². The molecular weight excluding hydrogens is 264 g/mol. The summed E-state index contributed by atoms with van der Waals surface area (Å²) >= 11 is 5.86. The third-order valence-electron chi connectivity index (χ3n) is 2.81. The van der Waals surface area contributed by atoms with Crippen molar-refractivity contribution >= 4 is 28.5 Å². The normalized spacial score (nSPS) is 11.9. The van der Waals surface area contributed by atoms with E-state index in [0.717, 1.165) is 5.39 Å². The third kappa shape index (κ3) is 2.42. The Hall–Kier alpha value is -1.62. The Morgan fingerprint density at radius 2 is 2.00 bits per heavy atom. The van der Waals surface area contributed by atoms with E-state index in [9.17, 15) is 4.79 Å². The van der Waals surface area contributed by atoms with Crippen LogP contribution in [0.3, 0.4) is 0 Å². The van der Waals surface area contributed by atoms with E-state index in [1.54, 1.807) is 31.3 Å². The summed E-state index contributed by atoms with van der Waals surface area (Å²) in [5, 5.41) is 0.990. The average Bonchev–Trinajstić information content (AvgIpc) is 2.65. The number of nitrogens with zero attached hydrogens (tertiary/aromatic N) is 4. The van der Waals surface area contributed by atoms with Crippen molar-refractivity contribution < 1.29 is 4.79 Å². The number of halogens is 1. The Morgan fingerprint density at radius 1 is 1.37 bits per heavy atom. The molecule has 0 saturated carbocycles. The summed E-state index contributed by atoms with van der Waals surface area (Å²) < 4.78 is 1.90. The van der Waals surface area contributed by atoms with Gasteiger partial charge in [0, 0.05) is 31.2 Å². The molecular formula is C13H17ClN4O. The van der Waals surface area contributed by atoms with Gasteiger partial charge in [0.15, 0.2) is 0 Å². The number of hydrogen-bond donors (Lipinski definition) is 0. The van der Waals surface area contributed by atoms with Crippen LogP contribution in [-0.4, -0.2) is 39.4 Å². The van der Waals surface area contributed by atoms with Crippen LogP contribution in [0, 0.1) is 0 Å². The molecule has 0 bridgehead atoms. The molecule has 0 atom stereocenters. The lowest BCUT2D eigenvalue weighted by molar-refractivity contribution is 0.0811. The van der Waals surface area contributed by atoms with Crippen LogP contribution in [0.25, 0.3) is 11.0 Å². The van der Waals surface area contributed by atoms with Crippen molar-refractivity contribution in [1.29, 1.82) is 0 Å². The molecule has 6 heteroatoms. The first-order chi connectivity index (χ1) is 8.71. The molecule has 0 N–H and O–H groups in total. The van der Waals surface area contributed by atoms with E-state index in [0.29, 0.717) is 11.3 Å². The van der Waals surface area contributed by atoms with Gasteiger partial charge in [-0.3, -0.25) is 4.79 Å². The van der Waals surface area contributed by atoms with E-state index in [4.69, 9.17) is 11.6 Å². The minimum atomic E-state index is -0.277. The van der Waals surface area contributed by atoms with E-state index < -0.39 is 0 Å². The highest BCUT2D eigenvalue weighted by Gasteiger charge is 2.25. The van der Waals surface area contributed by atoms with Crippen molar-refractivity contribution in [3.8, 4) is 0 Å². The van der Waals surface area contributed by atoms with Gasteiger partial charge in [-0.2, -0.15) is 4.98 Å². The largest absolute Gasteiger partial charge is 0.343 e. The van der Waals surface area contributed by atoms with Crippen LogP contribution in [0.2, 0.25) is 5.28 Å². The Labute approximate surface area is 117 Å². The van der Waals surface area contributed by atoms with E-state index in [1.807, 2.05) is 25.3 Å². The van der Waals surface area contributed by atoms with Gasteiger partial charge in [0.05, 0.1) is 0 Å². The van der Waals surface area contributed by atoms with E-state index in [-0.39, 0.29) is 16.7 Å². The molecule has 0 saturated heterocycles. The summed E-state index contributed by atoms with van der Waals surface area (Å²) in [5.74, 6) is -0.0657. The summed E-state index contributed by atoms with van der Waals surface area (Å²) in [5.41, 5.74) is 0.988. The molecule has 102 valence electrons. The highest BCUT2D eigenvalue weighted by molar-refractivity contribution is 6.28. The SMILES string of the molecule is CN(C)C(=O)c1cc2cnc(Cl)nc2n1C(C)(C)C. The highest BCUT2D eigenvalue weighted by atomic mass is 35.5. The summed E-state index contributed by atoms with van der Waals surface area (Å²) in [6, 6.07) is 1.80. The van der Waals surface area contributed by atoms with Gasteiger partial charge in [-0.1, -0.05) is 0 Å². The molecule has 0 radical (unpaired) electrons. The average molecular weight is 281 g/mol. The molecule has 2 heterocycles. The molecule has 0 aliphatic rings. The second-order valence-electron chi connectivity index (χ2n) is 5.65. The van der Waals surface area contributed by atoms with Gasteiger partial charge in [-0.15, -0.1) is 0 Å². The van der Waals surface area contributed by atoms with E-state index >= 15 is 0 Å². The lowest BCUT2D eigenvalue weighted by atomic mass is 10.1. The lowest BCUT2D eigenvalue weighted by Crippen LogP contribution is -2.31. The van der Waals surface area contributed by atoms with Gasteiger partial charge >= 0.3 is 0 Å². The van der Waals surface area contributed by atoms with Crippen LogP contribution in [0.4, 0.5) is 0 Å². The molecule has 1 amide bonds. The molecule has 19 heavy (non-hydrogen) atoms. The van der Waals surface area contributed by atoms with Gasteiger partial charge in [-0.25, -0.2) is 4.98 Å². The van der Waals surface area contributed by atoms with E-state index in [1.165, 1.54) is 0 Å². The topological polar surface area (TPSA) is 51.0 Å². The molecule has 0 unspecified atom stereocenters. The second kappa shape index (κ2) is 4.49. The third-order valence-corrected chi connectivity index (χ3v) is 2.99. The molecule has 2 aromatic rings. The van der Waals surface area contributed by atoms with Crippen LogP contribution in [0.5, 0.6) is 0 Å². The molecule has 0 aromatic carbocycles. The van der Waals surface area contributed by atoms with Crippen molar-refractivity contribution in [3.63, 3.8) is 0 Å². The predicted molar refractivity (Wildman–Crippen MR) is 75.6 cm³/mol. The monoisotopic (exact) mass is 280 g/mol. The predicted octanol–water partition coefficient (Wildman–Crippen LogP) is 2.54. The molecule has 2 aromatic heterocycles. The van der Waals surface area contributed by atoms with Gasteiger partial charge in [-0.05, 0) is 38.4 Å². The van der Waals surface area contributed by atoms with Gasteiger partial charge in [0.25, 0.3) is 5.91 Å². The zero-order valence-corrected chi connectivity index (χ0v) is 12.5. The Bertz CT molecular complexity index is 640. The second-order valence-corrected chi connectivity index (χ2v) is 5.99. The maximum absolute atomic E-state index is 12.3. The Kier molecular flexibility index (Phi) is 3.26. The minimum Gasteiger partial charge on any atom is -0.343 e. The van der Waals surface area contributed by atoms with Crippen LogP contribution in [0.1, 0.15) is 31.3 Å². The fraction of sp³-hybridized carbons (Fsp3) is 0.462. The van der Waals surface area contributed by atoms with Gasteiger partial charge < -0.3 is 9.47 Å². The summed E-state index contributed by atoms with van der Waals surface area (Å²) in [4.78, 5) is 22.1. The zero-order valence-electron chi connectivity index (χ0n) is 11.7. The minimum absolute atomic E-state index is 0.0657. The standard InChI is InChI=1S/C13H17ClN4O/c1-13(2,3)18-9(11(19)17(4)5)6-8-7-15-12(14)16-10(8)18/h6-7H,1-5H3. The van der Waals surface area contributed by atoms with Crippen LogP contribution < -0.4 is 0 Å². The van der Waals surface area contributed by atoms with E-state index in [2.05, 4.69) is 9.97 Å². The first kappa shape index (κ1) is 13.8. The molecule has 2 rings (SSSR count).